The summed E-state index contributed by atoms with van der Waals surface area (Å²) in [6.45, 7) is 4.48. The minimum absolute atomic E-state index is 0.903. The average molecular weight is 226 g/mol. The quantitative estimate of drug-likeness (QED) is 0.698. The molecule has 0 bridgehead atoms. The van der Waals surface area contributed by atoms with E-state index >= 15 is 0 Å². The summed E-state index contributed by atoms with van der Waals surface area (Å²) < 4.78 is 1.56. The smallest absolute Gasteiger partial charge is 0.0633 e. The van der Waals surface area contributed by atoms with Gasteiger partial charge in [0.25, 0.3) is 0 Å². The third-order valence-electron chi connectivity index (χ3n) is 3.07. The van der Waals surface area contributed by atoms with Gasteiger partial charge in [-0.2, -0.15) is 0 Å². The molecular formula is C12H18S2. The number of rotatable bonds is 2. The Labute approximate surface area is 95.1 Å². The van der Waals surface area contributed by atoms with Crippen molar-refractivity contribution in [2.45, 2.75) is 55.4 Å². The average Bonchev–Trinajstić information content (AvgIpc) is 2.52. The van der Waals surface area contributed by atoms with Crippen LogP contribution in [0.2, 0.25) is 0 Å². The summed E-state index contributed by atoms with van der Waals surface area (Å²) in [5.74, 6) is 0. The Morgan fingerprint density at radius 3 is 2.50 bits per heavy atom. The lowest BCUT2D eigenvalue weighted by atomic mass is 10.0. The van der Waals surface area contributed by atoms with Gasteiger partial charge >= 0.3 is 0 Å². The maximum atomic E-state index is 2.29. The number of hydrogen-bond acceptors (Lipinski definition) is 2. The first kappa shape index (κ1) is 10.6. The molecule has 2 heteroatoms. The molecule has 0 spiro atoms. The van der Waals surface area contributed by atoms with Crippen molar-refractivity contribution < 1.29 is 0 Å². The summed E-state index contributed by atoms with van der Waals surface area (Å²) >= 11 is 4.06. The van der Waals surface area contributed by atoms with Crippen molar-refractivity contribution in [3.05, 3.63) is 16.5 Å². The molecule has 0 atom stereocenters. The van der Waals surface area contributed by atoms with Crippen molar-refractivity contribution in [3.8, 4) is 0 Å². The second-order valence-corrected chi connectivity index (χ2v) is 6.66. The van der Waals surface area contributed by atoms with Crippen LogP contribution in [-0.2, 0) is 0 Å². The SMILES string of the molecule is Cc1csc(SC2CCCCC2)c1C. The van der Waals surface area contributed by atoms with Crippen LogP contribution >= 0.6 is 23.1 Å². The molecule has 2 rings (SSSR count). The lowest BCUT2D eigenvalue weighted by molar-refractivity contribution is 0.516. The molecule has 0 amide bonds. The van der Waals surface area contributed by atoms with Crippen molar-refractivity contribution in [2.75, 3.05) is 0 Å². The van der Waals surface area contributed by atoms with Gasteiger partial charge in [-0.05, 0) is 43.2 Å². The van der Waals surface area contributed by atoms with Crippen molar-refractivity contribution >= 4 is 23.1 Å². The second kappa shape index (κ2) is 4.71. The van der Waals surface area contributed by atoms with Crippen LogP contribution in [0.5, 0.6) is 0 Å². The monoisotopic (exact) mass is 226 g/mol. The molecule has 0 unspecified atom stereocenters. The number of hydrogen-bond donors (Lipinski definition) is 0. The topological polar surface area (TPSA) is 0 Å². The van der Waals surface area contributed by atoms with E-state index in [0.29, 0.717) is 0 Å². The van der Waals surface area contributed by atoms with Gasteiger partial charge in [-0.1, -0.05) is 19.3 Å². The molecule has 0 N–H and O–H groups in total. The highest BCUT2D eigenvalue weighted by atomic mass is 32.2. The standard InChI is InChI=1S/C12H18S2/c1-9-8-13-12(10(9)2)14-11-6-4-3-5-7-11/h8,11H,3-7H2,1-2H3. The molecule has 0 nitrogen and oxygen atoms in total. The van der Waals surface area contributed by atoms with Gasteiger partial charge in [0.2, 0.25) is 0 Å². The molecule has 0 aromatic carbocycles. The molecule has 14 heavy (non-hydrogen) atoms. The normalized spacial score (nSPS) is 18.7. The molecule has 1 aliphatic carbocycles. The fraction of sp³-hybridized carbons (Fsp3) is 0.667. The summed E-state index contributed by atoms with van der Waals surface area (Å²) in [7, 11) is 0. The molecule has 0 saturated heterocycles. The molecule has 1 saturated carbocycles. The zero-order valence-electron chi connectivity index (χ0n) is 9.01. The van der Waals surface area contributed by atoms with Gasteiger partial charge < -0.3 is 0 Å². The highest BCUT2D eigenvalue weighted by molar-refractivity contribution is 8.01. The van der Waals surface area contributed by atoms with Crippen molar-refractivity contribution in [1.82, 2.24) is 0 Å². The maximum absolute atomic E-state index is 2.29. The molecule has 78 valence electrons. The minimum Gasteiger partial charge on any atom is -0.137 e. The Kier molecular flexibility index (Phi) is 3.56. The van der Waals surface area contributed by atoms with Gasteiger partial charge in [0, 0.05) is 5.25 Å². The van der Waals surface area contributed by atoms with Gasteiger partial charge in [-0.3, -0.25) is 0 Å². The Morgan fingerprint density at radius 2 is 1.93 bits per heavy atom. The zero-order valence-corrected chi connectivity index (χ0v) is 10.6. The summed E-state index contributed by atoms with van der Waals surface area (Å²) in [5, 5.41) is 3.20. The molecule has 1 aromatic rings. The van der Waals surface area contributed by atoms with Crippen LogP contribution in [0.25, 0.3) is 0 Å². The maximum Gasteiger partial charge on any atom is 0.0633 e. The molecule has 0 radical (unpaired) electrons. The van der Waals surface area contributed by atoms with Crippen molar-refractivity contribution in [1.29, 1.82) is 0 Å². The molecule has 0 aliphatic heterocycles. The summed E-state index contributed by atoms with van der Waals surface area (Å²) in [6.07, 6.45) is 7.21. The fourth-order valence-corrected chi connectivity index (χ4v) is 4.71. The van der Waals surface area contributed by atoms with Gasteiger partial charge in [0.05, 0.1) is 4.21 Å². The first-order valence-electron chi connectivity index (χ1n) is 5.48. The molecular weight excluding hydrogens is 208 g/mol. The summed E-state index contributed by atoms with van der Waals surface area (Å²) in [6, 6.07) is 0. The highest BCUT2D eigenvalue weighted by Gasteiger charge is 2.16. The van der Waals surface area contributed by atoms with E-state index in [-0.39, 0.29) is 0 Å². The van der Waals surface area contributed by atoms with E-state index in [4.69, 9.17) is 0 Å². The lowest BCUT2D eigenvalue weighted by Crippen LogP contribution is -2.07. The number of aryl methyl sites for hydroxylation is 1. The van der Waals surface area contributed by atoms with E-state index in [1.54, 1.807) is 4.21 Å². The van der Waals surface area contributed by atoms with E-state index in [2.05, 4.69) is 31.0 Å². The third-order valence-corrected chi connectivity index (χ3v) is 5.96. The van der Waals surface area contributed by atoms with Crippen LogP contribution in [0.15, 0.2) is 9.59 Å². The van der Waals surface area contributed by atoms with E-state index in [1.165, 1.54) is 43.2 Å². The highest BCUT2D eigenvalue weighted by Crippen LogP contribution is 2.39. The first-order valence-corrected chi connectivity index (χ1v) is 7.24. The molecule has 1 aliphatic rings. The van der Waals surface area contributed by atoms with E-state index in [9.17, 15) is 0 Å². The van der Waals surface area contributed by atoms with Gasteiger partial charge in [0.15, 0.2) is 0 Å². The van der Waals surface area contributed by atoms with Gasteiger partial charge in [-0.15, -0.1) is 23.1 Å². The van der Waals surface area contributed by atoms with Crippen LogP contribution in [0.4, 0.5) is 0 Å². The Bertz CT molecular complexity index is 295. The minimum atomic E-state index is 0.903. The Balaban J connectivity index is 1.99. The van der Waals surface area contributed by atoms with Crippen LogP contribution in [0, 0.1) is 13.8 Å². The van der Waals surface area contributed by atoms with Crippen LogP contribution in [-0.4, -0.2) is 5.25 Å². The second-order valence-electron chi connectivity index (χ2n) is 4.21. The van der Waals surface area contributed by atoms with Crippen molar-refractivity contribution in [3.63, 3.8) is 0 Å². The molecule has 1 aromatic heterocycles. The predicted molar refractivity (Wildman–Crippen MR) is 66.5 cm³/mol. The first-order chi connectivity index (χ1) is 6.77. The van der Waals surface area contributed by atoms with Gasteiger partial charge in [-0.25, -0.2) is 0 Å². The largest absolute Gasteiger partial charge is 0.137 e. The lowest BCUT2D eigenvalue weighted by Gasteiger charge is -2.20. The van der Waals surface area contributed by atoms with Crippen LogP contribution in [0.1, 0.15) is 43.2 Å². The molecule has 1 heterocycles. The summed E-state index contributed by atoms with van der Waals surface area (Å²) in [5.41, 5.74) is 2.99. The van der Waals surface area contributed by atoms with E-state index in [0.717, 1.165) is 5.25 Å². The Morgan fingerprint density at radius 1 is 1.21 bits per heavy atom. The van der Waals surface area contributed by atoms with E-state index in [1.807, 2.05) is 11.3 Å². The fourth-order valence-electron chi connectivity index (χ4n) is 1.93. The number of thiophene rings is 1. The Hall–Kier alpha value is 0.0500. The number of thioether (sulfide) groups is 1. The van der Waals surface area contributed by atoms with Crippen molar-refractivity contribution in [2.24, 2.45) is 0 Å². The zero-order chi connectivity index (χ0) is 9.97. The molecule has 1 fully saturated rings. The van der Waals surface area contributed by atoms with Gasteiger partial charge in [0.1, 0.15) is 0 Å². The summed E-state index contributed by atoms with van der Waals surface area (Å²) in [4.78, 5) is 0. The van der Waals surface area contributed by atoms with Crippen LogP contribution < -0.4 is 0 Å². The predicted octanol–water partition coefficient (Wildman–Crippen LogP) is 4.79. The third kappa shape index (κ3) is 2.34. The van der Waals surface area contributed by atoms with E-state index < -0.39 is 0 Å². The van der Waals surface area contributed by atoms with Crippen LogP contribution in [0.3, 0.4) is 0 Å².